The smallest absolute Gasteiger partial charge is 0.143 e. The van der Waals surface area contributed by atoms with Crippen LogP contribution in [0.5, 0.6) is 11.5 Å². The summed E-state index contributed by atoms with van der Waals surface area (Å²) in [5.74, 6) is 1.90. The number of piperidine rings is 1. The minimum Gasteiger partial charge on any atom is -0.497 e. The lowest BCUT2D eigenvalue weighted by Crippen LogP contribution is -2.46. The summed E-state index contributed by atoms with van der Waals surface area (Å²) >= 11 is 0. The first-order chi connectivity index (χ1) is 15.8. The molecule has 0 spiro atoms. The molecule has 2 aliphatic rings. The molecule has 4 nitrogen and oxygen atoms in total. The van der Waals surface area contributed by atoms with Crippen LogP contribution in [0.3, 0.4) is 0 Å². The highest BCUT2D eigenvalue weighted by molar-refractivity contribution is 5.72. The van der Waals surface area contributed by atoms with Crippen LogP contribution in [0.25, 0.3) is 0 Å². The zero-order valence-electron chi connectivity index (χ0n) is 18.9. The summed E-state index contributed by atoms with van der Waals surface area (Å²) < 4.78 is 11.5. The number of anilines is 2. The Kier molecular flexibility index (Phi) is 6.31. The molecule has 5 rings (SSSR count). The van der Waals surface area contributed by atoms with Gasteiger partial charge in [0.2, 0.25) is 0 Å². The molecule has 166 valence electrons. The van der Waals surface area contributed by atoms with Gasteiger partial charge in [-0.25, -0.2) is 0 Å². The lowest BCUT2D eigenvalue weighted by atomic mass is 9.99. The zero-order chi connectivity index (χ0) is 21.8. The van der Waals surface area contributed by atoms with Gasteiger partial charge in [0.25, 0.3) is 0 Å². The van der Waals surface area contributed by atoms with Crippen molar-refractivity contribution in [1.82, 2.24) is 4.90 Å². The van der Waals surface area contributed by atoms with Crippen molar-refractivity contribution in [1.29, 1.82) is 0 Å². The van der Waals surface area contributed by atoms with E-state index < -0.39 is 0 Å². The molecule has 1 unspecified atom stereocenters. The average Bonchev–Trinajstić information content (AvgIpc) is 3.01. The van der Waals surface area contributed by atoms with Gasteiger partial charge in [0, 0.05) is 30.4 Å². The highest BCUT2D eigenvalue weighted by atomic mass is 16.5. The van der Waals surface area contributed by atoms with Gasteiger partial charge in [0.05, 0.1) is 12.8 Å². The van der Waals surface area contributed by atoms with E-state index in [-0.39, 0.29) is 0 Å². The minimum absolute atomic E-state index is 0.529. The molecule has 0 N–H and O–H groups in total. The van der Waals surface area contributed by atoms with Gasteiger partial charge >= 0.3 is 0 Å². The van der Waals surface area contributed by atoms with E-state index in [2.05, 4.69) is 82.6 Å². The highest BCUT2D eigenvalue weighted by Crippen LogP contribution is 2.40. The largest absolute Gasteiger partial charge is 0.497 e. The third kappa shape index (κ3) is 4.46. The maximum absolute atomic E-state index is 6.18. The van der Waals surface area contributed by atoms with Crippen molar-refractivity contribution in [3.05, 3.63) is 83.9 Å². The number of para-hydroxylation sites is 3. The third-order valence-electron chi connectivity index (χ3n) is 6.81. The highest BCUT2D eigenvalue weighted by Gasteiger charge is 2.28. The molecule has 3 aromatic rings. The fourth-order valence-electron chi connectivity index (χ4n) is 5.02. The van der Waals surface area contributed by atoms with Crippen molar-refractivity contribution in [2.24, 2.45) is 0 Å². The first-order valence-corrected chi connectivity index (χ1v) is 11.8. The molecule has 32 heavy (non-hydrogen) atoms. The molecular formula is C28H32N2O2. The van der Waals surface area contributed by atoms with Crippen molar-refractivity contribution >= 4 is 11.4 Å². The Labute approximate surface area is 191 Å². The maximum atomic E-state index is 6.18. The van der Waals surface area contributed by atoms with Crippen LogP contribution in [0.15, 0.2) is 72.8 Å². The van der Waals surface area contributed by atoms with Gasteiger partial charge < -0.3 is 14.4 Å². The van der Waals surface area contributed by atoms with Crippen LogP contribution in [-0.2, 0) is 13.0 Å². The molecule has 2 aliphatic heterocycles. The van der Waals surface area contributed by atoms with Gasteiger partial charge in [-0.2, -0.15) is 0 Å². The van der Waals surface area contributed by atoms with E-state index >= 15 is 0 Å². The number of benzene rings is 3. The second kappa shape index (κ2) is 9.66. The van der Waals surface area contributed by atoms with Crippen molar-refractivity contribution in [3.8, 4) is 11.5 Å². The topological polar surface area (TPSA) is 24.9 Å². The van der Waals surface area contributed by atoms with Gasteiger partial charge in [0.15, 0.2) is 0 Å². The molecule has 2 heterocycles. The van der Waals surface area contributed by atoms with E-state index in [1.165, 1.54) is 48.3 Å². The van der Waals surface area contributed by atoms with Crippen LogP contribution in [0.4, 0.5) is 11.4 Å². The number of likely N-dealkylation sites (tertiary alicyclic amines) is 1. The zero-order valence-corrected chi connectivity index (χ0v) is 18.9. The standard InChI is InChI=1S/C28H32N2O2/c1-31-25-15-13-22(14-16-25)17-19-29-18-7-6-9-24(29)20-30-26-10-3-2-8-23(26)21-32-28-12-5-4-11-27(28)30/h2-5,8,10-16,24H,6-7,9,17-21H2,1H3. The van der Waals surface area contributed by atoms with Crippen LogP contribution < -0.4 is 14.4 Å². The van der Waals surface area contributed by atoms with Gasteiger partial charge in [0.1, 0.15) is 18.1 Å². The van der Waals surface area contributed by atoms with E-state index in [1.807, 2.05) is 0 Å². The Morgan fingerprint density at radius 3 is 2.53 bits per heavy atom. The second-order valence-corrected chi connectivity index (χ2v) is 8.78. The number of hydrogen-bond donors (Lipinski definition) is 0. The first kappa shape index (κ1) is 20.9. The molecule has 3 aromatic carbocycles. The van der Waals surface area contributed by atoms with Gasteiger partial charge in [-0.15, -0.1) is 0 Å². The summed E-state index contributed by atoms with van der Waals surface area (Å²) in [5, 5.41) is 0. The van der Waals surface area contributed by atoms with Crippen molar-refractivity contribution in [3.63, 3.8) is 0 Å². The summed E-state index contributed by atoms with van der Waals surface area (Å²) in [4.78, 5) is 5.19. The molecule has 0 radical (unpaired) electrons. The number of hydrogen-bond acceptors (Lipinski definition) is 4. The van der Waals surface area contributed by atoms with E-state index in [0.717, 1.165) is 31.0 Å². The second-order valence-electron chi connectivity index (χ2n) is 8.78. The number of fused-ring (bicyclic) bond motifs is 2. The van der Waals surface area contributed by atoms with E-state index in [9.17, 15) is 0 Å². The molecule has 0 amide bonds. The molecule has 0 bridgehead atoms. The molecule has 1 fully saturated rings. The molecule has 0 aromatic heterocycles. The average molecular weight is 429 g/mol. The molecular weight excluding hydrogens is 396 g/mol. The Bertz CT molecular complexity index is 986. The van der Waals surface area contributed by atoms with Crippen LogP contribution >= 0.6 is 0 Å². The maximum Gasteiger partial charge on any atom is 0.143 e. The lowest BCUT2D eigenvalue weighted by molar-refractivity contribution is 0.154. The van der Waals surface area contributed by atoms with Crippen LogP contribution in [0.2, 0.25) is 0 Å². The number of nitrogens with zero attached hydrogens (tertiary/aromatic N) is 2. The quantitative estimate of drug-likeness (QED) is 0.494. The molecule has 1 saturated heterocycles. The third-order valence-corrected chi connectivity index (χ3v) is 6.81. The SMILES string of the molecule is COc1ccc(CCN2CCCCC2CN2c3ccccc3COc3ccccc32)cc1. The Hall–Kier alpha value is -2.98. The summed E-state index contributed by atoms with van der Waals surface area (Å²) in [5.41, 5.74) is 5.08. The van der Waals surface area contributed by atoms with Crippen molar-refractivity contribution in [2.45, 2.75) is 38.3 Å². The fraction of sp³-hybridized carbons (Fsp3) is 0.357. The van der Waals surface area contributed by atoms with Crippen LogP contribution in [0.1, 0.15) is 30.4 Å². The Morgan fingerprint density at radius 1 is 0.906 bits per heavy atom. The van der Waals surface area contributed by atoms with E-state index in [0.29, 0.717) is 12.6 Å². The number of methoxy groups -OCH3 is 1. The predicted octanol–water partition coefficient (Wildman–Crippen LogP) is 5.82. The van der Waals surface area contributed by atoms with Gasteiger partial charge in [-0.3, -0.25) is 4.90 Å². The lowest BCUT2D eigenvalue weighted by Gasteiger charge is -2.39. The summed E-state index contributed by atoms with van der Waals surface area (Å²) in [6.45, 7) is 3.87. The number of ether oxygens (including phenoxy) is 2. The number of rotatable bonds is 6. The monoisotopic (exact) mass is 428 g/mol. The molecule has 0 saturated carbocycles. The minimum atomic E-state index is 0.529. The van der Waals surface area contributed by atoms with E-state index in [4.69, 9.17) is 9.47 Å². The van der Waals surface area contributed by atoms with Crippen molar-refractivity contribution < 1.29 is 9.47 Å². The summed E-state index contributed by atoms with van der Waals surface area (Å²) in [7, 11) is 1.72. The van der Waals surface area contributed by atoms with Crippen LogP contribution in [0, 0.1) is 0 Å². The molecule has 4 heteroatoms. The summed E-state index contributed by atoms with van der Waals surface area (Å²) in [6, 6.07) is 26.2. The molecule has 0 aliphatic carbocycles. The Balaban J connectivity index is 1.36. The van der Waals surface area contributed by atoms with Gasteiger partial charge in [-0.1, -0.05) is 48.9 Å². The van der Waals surface area contributed by atoms with E-state index in [1.54, 1.807) is 7.11 Å². The fourth-order valence-corrected chi connectivity index (χ4v) is 5.02. The van der Waals surface area contributed by atoms with Crippen LogP contribution in [-0.4, -0.2) is 37.7 Å². The van der Waals surface area contributed by atoms with Gasteiger partial charge in [-0.05, 0) is 61.7 Å². The molecule has 1 atom stereocenters. The normalized spacial score (nSPS) is 18.3. The first-order valence-electron chi connectivity index (χ1n) is 11.8. The summed E-state index contributed by atoms with van der Waals surface area (Å²) in [6.07, 6.45) is 4.90. The Morgan fingerprint density at radius 2 is 1.69 bits per heavy atom. The van der Waals surface area contributed by atoms with Crippen molar-refractivity contribution in [2.75, 3.05) is 31.6 Å². The predicted molar refractivity (Wildman–Crippen MR) is 130 cm³/mol.